The van der Waals surface area contributed by atoms with Gasteiger partial charge in [-0.05, 0) is 10.4 Å². The highest BCUT2D eigenvalue weighted by molar-refractivity contribution is 5.39. The summed E-state index contributed by atoms with van der Waals surface area (Å²) < 4.78 is 4.38. The Kier molecular flexibility index (Phi) is 1.96. The Hall–Kier alpha value is -2.03. The van der Waals surface area contributed by atoms with E-state index >= 15 is 0 Å². The van der Waals surface area contributed by atoms with Crippen LogP contribution in [0.15, 0.2) is 10.9 Å². The minimum Gasteiger partial charge on any atom is -0.787 e. The van der Waals surface area contributed by atoms with Gasteiger partial charge in [-0.2, -0.15) is 4.98 Å². The largest absolute Gasteiger partial charge is 0.787 e. The number of hydrogen-bond acceptors (Lipinski definition) is 7. The van der Waals surface area contributed by atoms with Gasteiger partial charge in [-0.3, -0.25) is 4.85 Å². The van der Waals surface area contributed by atoms with Gasteiger partial charge in [0.2, 0.25) is 18.0 Å². The molecule has 0 bridgehead atoms. The van der Waals surface area contributed by atoms with E-state index in [2.05, 4.69) is 30.2 Å². The van der Waals surface area contributed by atoms with Crippen LogP contribution in [0.1, 0.15) is 0 Å². The van der Waals surface area contributed by atoms with Gasteiger partial charge in [0.15, 0.2) is 0 Å². The van der Waals surface area contributed by atoms with Crippen molar-refractivity contribution >= 4 is 0 Å². The first-order chi connectivity index (χ1) is 5.38. The second-order valence-electron chi connectivity index (χ2n) is 1.63. The predicted molar refractivity (Wildman–Crippen MR) is 35.9 cm³/mol. The highest BCUT2D eigenvalue weighted by Gasteiger charge is 2.07. The molecule has 0 atom stereocenters. The number of nitrogens with zero attached hydrogens (tertiary/aromatic N) is 6. The maximum absolute atomic E-state index is 10.7. The van der Waals surface area contributed by atoms with Crippen molar-refractivity contribution in [3.63, 3.8) is 0 Å². The predicted octanol–water partition coefficient (Wildman–Crippen LogP) is -0.555. The number of hydrogen-bond donors (Lipinski definition) is 1. The van der Waals surface area contributed by atoms with E-state index in [4.69, 9.17) is 0 Å². The van der Waals surface area contributed by atoms with Crippen molar-refractivity contribution in [3.05, 3.63) is 11.6 Å². The minimum absolute atomic E-state index is 0. The Bertz CT molecular complexity index is 339. The van der Waals surface area contributed by atoms with E-state index in [0.717, 1.165) is 6.39 Å². The summed E-state index contributed by atoms with van der Waals surface area (Å²) in [4.78, 5) is 3.79. The van der Waals surface area contributed by atoms with Crippen molar-refractivity contribution < 1.29 is 4.52 Å². The lowest BCUT2D eigenvalue weighted by atomic mass is 10.6. The maximum Gasteiger partial charge on any atom is 0.241 e. The second kappa shape index (κ2) is 2.92. The molecule has 9 nitrogen and oxygen atoms in total. The number of quaternary nitrogens is 1. The Morgan fingerprint density at radius 3 is 2.83 bits per heavy atom. The molecule has 2 aromatic heterocycles. The van der Waals surface area contributed by atoms with Crippen LogP contribution < -0.4 is 6.15 Å². The average Bonchev–Trinajstić information content (AvgIpc) is 2.55. The van der Waals surface area contributed by atoms with Gasteiger partial charge in [-0.15, -0.1) is 5.10 Å². The van der Waals surface area contributed by atoms with Gasteiger partial charge in [-0.25, -0.2) is 0 Å². The molecule has 2 rings (SSSR count). The van der Waals surface area contributed by atoms with E-state index in [0.29, 0.717) is 0 Å². The summed E-state index contributed by atoms with van der Waals surface area (Å²) in [6, 6.07) is 0. The highest BCUT2D eigenvalue weighted by atomic mass is 16.5. The lowest BCUT2D eigenvalue weighted by Gasteiger charge is -2.00. The SMILES string of the molecule is [NH4+].[O-]n1nnnc1-c1ncon1. The van der Waals surface area contributed by atoms with Crippen molar-refractivity contribution in [1.82, 2.24) is 36.7 Å². The van der Waals surface area contributed by atoms with E-state index in [1.807, 2.05) is 0 Å². The van der Waals surface area contributed by atoms with Crippen LogP contribution in [0.3, 0.4) is 0 Å². The molecule has 64 valence electrons. The van der Waals surface area contributed by atoms with Crippen LogP contribution in [0.25, 0.3) is 11.6 Å². The zero-order valence-corrected chi connectivity index (χ0v) is 6.08. The molecule has 12 heavy (non-hydrogen) atoms. The fourth-order valence-corrected chi connectivity index (χ4v) is 0.579. The molecule has 9 heteroatoms. The summed E-state index contributed by atoms with van der Waals surface area (Å²) in [6.07, 6.45) is 1.09. The summed E-state index contributed by atoms with van der Waals surface area (Å²) >= 11 is 0. The number of rotatable bonds is 1. The summed E-state index contributed by atoms with van der Waals surface area (Å²) in [5.74, 6) is 0.00347. The Morgan fingerprint density at radius 1 is 1.50 bits per heavy atom. The van der Waals surface area contributed by atoms with E-state index in [1.54, 1.807) is 0 Å². The van der Waals surface area contributed by atoms with Crippen molar-refractivity contribution in [1.29, 1.82) is 0 Å². The molecule has 0 fully saturated rings. The smallest absolute Gasteiger partial charge is 0.241 e. The molecular weight excluding hydrogens is 166 g/mol. The molecule has 0 spiro atoms. The van der Waals surface area contributed by atoms with Crippen LogP contribution in [0.2, 0.25) is 0 Å². The van der Waals surface area contributed by atoms with Crippen molar-refractivity contribution in [2.24, 2.45) is 0 Å². The number of aromatic nitrogens is 6. The lowest BCUT2D eigenvalue weighted by Crippen LogP contribution is -1.93. The van der Waals surface area contributed by atoms with Crippen LogP contribution in [0.4, 0.5) is 0 Å². The minimum atomic E-state index is -0.0706. The highest BCUT2D eigenvalue weighted by Crippen LogP contribution is 2.06. The molecule has 0 amide bonds. The molecule has 0 aliphatic carbocycles. The summed E-state index contributed by atoms with van der Waals surface area (Å²) in [7, 11) is 0. The fourth-order valence-electron chi connectivity index (χ4n) is 0.579. The molecule has 4 N–H and O–H groups in total. The zero-order chi connectivity index (χ0) is 7.68. The van der Waals surface area contributed by atoms with Crippen LogP contribution >= 0.6 is 0 Å². The van der Waals surface area contributed by atoms with E-state index in [9.17, 15) is 5.21 Å². The molecule has 0 aliphatic heterocycles. The van der Waals surface area contributed by atoms with Crippen LogP contribution in [0, 0.1) is 5.21 Å². The molecule has 2 aromatic rings. The Balaban J connectivity index is 0.000000720. The first-order valence-corrected chi connectivity index (χ1v) is 2.60. The van der Waals surface area contributed by atoms with Gasteiger partial charge in [0, 0.05) is 0 Å². The summed E-state index contributed by atoms with van der Waals surface area (Å²) in [6.45, 7) is 0. The Morgan fingerprint density at radius 2 is 2.33 bits per heavy atom. The molecule has 0 radical (unpaired) electrons. The molecule has 0 aromatic carbocycles. The van der Waals surface area contributed by atoms with Crippen LogP contribution in [-0.2, 0) is 0 Å². The van der Waals surface area contributed by atoms with Gasteiger partial charge in [0.05, 0.1) is 0 Å². The van der Waals surface area contributed by atoms with E-state index in [1.165, 1.54) is 0 Å². The van der Waals surface area contributed by atoms with E-state index < -0.39 is 0 Å². The summed E-state index contributed by atoms with van der Waals surface area (Å²) in [5.41, 5.74) is 0. The molecule has 0 unspecified atom stereocenters. The fraction of sp³-hybridized carbons (Fsp3) is 0. The molecular formula is C3H5N7O2. The first kappa shape index (κ1) is 8.07. The maximum atomic E-state index is 10.7. The molecule has 0 saturated heterocycles. The molecule has 0 saturated carbocycles. The third-order valence-electron chi connectivity index (χ3n) is 1.00. The third kappa shape index (κ3) is 1.08. The molecule has 2 heterocycles. The van der Waals surface area contributed by atoms with Crippen molar-refractivity contribution in [2.75, 3.05) is 0 Å². The quantitative estimate of drug-likeness (QED) is 0.605. The van der Waals surface area contributed by atoms with Crippen molar-refractivity contribution in [2.45, 2.75) is 0 Å². The first-order valence-electron chi connectivity index (χ1n) is 2.60. The van der Waals surface area contributed by atoms with Gasteiger partial charge in [0.25, 0.3) is 0 Å². The second-order valence-corrected chi connectivity index (χ2v) is 1.63. The van der Waals surface area contributed by atoms with Gasteiger partial charge in [-0.1, -0.05) is 5.16 Å². The zero-order valence-electron chi connectivity index (χ0n) is 6.08. The van der Waals surface area contributed by atoms with Gasteiger partial charge < -0.3 is 15.9 Å². The Labute approximate surface area is 65.5 Å². The van der Waals surface area contributed by atoms with Crippen LogP contribution in [0.5, 0.6) is 0 Å². The normalized spacial score (nSPS) is 9.33. The van der Waals surface area contributed by atoms with Crippen molar-refractivity contribution in [3.8, 4) is 11.6 Å². The number of tetrazole rings is 1. The monoisotopic (exact) mass is 171 g/mol. The third-order valence-corrected chi connectivity index (χ3v) is 1.00. The summed E-state index contributed by atoms with van der Waals surface area (Å²) in [5, 5.41) is 23.6. The topological polar surface area (TPSA) is 142 Å². The lowest BCUT2D eigenvalue weighted by molar-refractivity contribution is 0.418. The average molecular weight is 171 g/mol. The van der Waals surface area contributed by atoms with E-state index in [-0.39, 0.29) is 22.6 Å². The molecule has 0 aliphatic rings. The van der Waals surface area contributed by atoms with Gasteiger partial charge >= 0.3 is 0 Å². The standard InChI is InChI=1S/C3HN6O2.H3N/c10-9-3(5-7-8-9)2-4-1-11-6-2;/h1H;1H3/q-1;/p+1. The van der Waals surface area contributed by atoms with Gasteiger partial charge in [0.1, 0.15) is 0 Å². The van der Waals surface area contributed by atoms with Crippen LogP contribution in [-0.4, -0.2) is 30.5 Å².